The van der Waals surface area contributed by atoms with Crippen molar-refractivity contribution in [3.05, 3.63) is 35.8 Å². The summed E-state index contributed by atoms with van der Waals surface area (Å²) in [5, 5.41) is 11.2. The molecule has 13 heteroatoms. The lowest BCUT2D eigenvalue weighted by atomic mass is 9.96. The molecule has 3 aromatic rings. The fourth-order valence-electron chi connectivity index (χ4n) is 5.55. The normalized spacial score (nSPS) is 18.9. The van der Waals surface area contributed by atoms with Crippen LogP contribution < -0.4 is 14.4 Å². The molecule has 0 spiro atoms. The van der Waals surface area contributed by atoms with Gasteiger partial charge in [0, 0.05) is 42.8 Å². The van der Waals surface area contributed by atoms with Crippen molar-refractivity contribution in [3.8, 4) is 17.1 Å². The summed E-state index contributed by atoms with van der Waals surface area (Å²) < 4.78 is 52.5. The lowest BCUT2D eigenvalue weighted by Gasteiger charge is -2.34. The highest BCUT2D eigenvalue weighted by atomic mass is 32.2. The maximum absolute atomic E-state index is 15.2. The summed E-state index contributed by atoms with van der Waals surface area (Å²) in [6.45, 7) is 7.03. The highest BCUT2D eigenvalue weighted by molar-refractivity contribution is 7.92. The van der Waals surface area contributed by atoms with Crippen molar-refractivity contribution >= 4 is 32.6 Å². The minimum absolute atomic E-state index is 0.0683. The highest BCUT2D eigenvalue weighted by Crippen LogP contribution is 2.36. The van der Waals surface area contributed by atoms with Crippen molar-refractivity contribution in [3.63, 3.8) is 0 Å². The van der Waals surface area contributed by atoms with Crippen LogP contribution in [0.25, 0.3) is 22.2 Å². The average Bonchev–Trinajstić information content (AvgIpc) is 3.37. The maximum Gasteiger partial charge on any atom is 0.238 e. The van der Waals surface area contributed by atoms with Crippen molar-refractivity contribution in [2.24, 2.45) is 0 Å². The van der Waals surface area contributed by atoms with Gasteiger partial charge in [-0.25, -0.2) is 27.8 Å². The van der Waals surface area contributed by atoms with Crippen LogP contribution in [-0.4, -0.2) is 91.2 Å². The predicted molar refractivity (Wildman–Crippen MR) is 151 cm³/mol. The fourth-order valence-corrected chi connectivity index (χ4v) is 6.10. The molecular weight excluding hydrogens is 539 g/mol. The molecule has 0 aliphatic carbocycles. The number of benzene rings is 1. The van der Waals surface area contributed by atoms with Gasteiger partial charge in [-0.1, -0.05) is 0 Å². The molecule has 2 aliphatic rings. The molecule has 2 aliphatic heterocycles. The summed E-state index contributed by atoms with van der Waals surface area (Å²) in [5.41, 5.74) is 1.39. The van der Waals surface area contributed by atoms with Crippen LogP contribution in [-0.2, 0) is 21.3 Å². The van der Waals surface area contributed by atoms with Crippen molar-refractivity contribution < 1.29 is 27.4 Å². The van der Waals surface area contributed by atoms with Gasteiger partial charge < -0.3 is 19.5 Å². The number of hydrogen-bond donors (Lipinski definition) is 2. The molecule has 0 bridgehead atoms. The van der Waals surface area contributed by atoms with E-state index in [-0.39, 0.29) is 17.6 Å². The first kappa shape index (κ1) is 28.4. The zero-order valence-electron chi connectivity index (χ0n) is 23.1. The molecule has 216 valence electrons. The molecule has 4 heterocycles. The summed E-state index contributed by atoms with van der Waals surface area (Å²) in [5.74, 6) is 0.119. The number of anilines is 2. The Morgan fingerprint density at radius 2 is 1.95 bits per heavy atom. The molecule has 0 radical (unpaired) electrons. The second-order valence-corrected chi connectivity index (χ2v) is 12.6. The van der Waals surface area contributed by atoms with Gasteiger partial charge >= 0.3 is 0 Å². The zero-order valence-corrected chi connectivity index (χ0v) is 24.0. The Bertz CT molecular complexity index is 1510. The van der Waals surface area contributed by atoms with E-state index in [0.717, 1.165) is 25.6 Å². The third-order valence-corrected chi connectivity index (χ3v) is 7.88. The van der Waals surface area contributed by atoms with E-state index in [4.69, 9.17) is 19.4 Å². The summed E-state index contributed by atoms with van der Waals surface area (Å²) in [7, 11) is -2.24. The summed E-state index contributed by atoms with van der Waals surface area (Å²) in [6, 6.07) is 4.39. The monoisotopic (exact) mass is 574 g/mol. The number of fused-ring (bicyclic) bond motifs is 1. The number of likely N-dealkylation sites (tertiary alicyclic amines) is 1. The smallest absolute Gasteiger partial charge is 0.238 e. The van der Waals surface area contributed by atoms with Gasteiger partial charge in [-0.05, 0) is 57.0 Å². The molecule has 2 N–H and O–H groups in total. The molecule has 2 saturated heterocycles. The molecular formula is C27H35FN6O5S. The Morgan fingerprint density at radius 1 is 1.20 bits per heavy atom. The molecule has 40 heavy (non-hydrogen) atoms. The van der Waals surface area contributed by atoms with Crippen LogP contribution in [0.5, 0.6) is 5.88 Å². The minimum Gasteiger partial charge on any atom is -0.480 e. The molecule has 1 atom stereocenters. The number of nitrogens with zero attached hydrogens (tertiary/aromatic N) is 5. The van der Waals surface area contributed by atoms with E-state index in [2.05, 4.69) is 14.6 Å². The van der Waals surface area contributed by atoms with Crippen LogP contribution in [0.2, 0.25) is 0 Å². The van der Waals surface area contributed by atoms with E-state index >= 15 is 4.39 Å². The second kappa shape index (κ2) is 11.0. The molecule has 0 amide bonds. The molecule has 5 rings (SSSR count). The van der Waals surface area contributed by atoms with Gasteiger partial charge in [0.25, 0.3) is 0 Å². The SMILES string of the molecule is COc1ncc(-c2nc(N3CCOCC3)nc3c(CN4CCC[C@H]4C(C)(C)O)cc(F)cc23)cc1NS(C)(=O)=O. The lowest BCUT2D eigenvalue weighted by molar-refractivity contribution is -0.00493. The van der Waals surface area contributed by atoms with Gasteiger partial charge in [-0.2, -0.15) is 0 Å². The van der Waals surface area contributed by atoms with Crippen molar-refractivity contribution in [1.82, 2.24) is 19.9 Å². The van der Waals surface area contributed by atoms with E-state index in [1.807, 2.05) is 4.90 Å². The first-order valence-electron chi connectivity index (χ1n) is 13.2. The summed E-state index contributed by atoms with van der Waals surface area (Å²) >= 11 is 0. The highest BCUT2D eigenvalue weighted by Gasteiger charge is 2.36. The van der Waals surface area contributed by atoms with Crippen LogP contribution >= 0.6 is 0 Å². The standard InChI is InChI=1S/C27H35FN6O5S/c1-27(2,35)22-6-5-7-34(22)16-18-12-19(28)14-20-23(30-26(31-24(18)20)33-8-10-39-11-9-33)17-13-21(32-40(4,36)37)25(38-3)29-15-17/h12-15,22,32,35H,5-11,16H2,1-4H3/t22-/m0/s1. The Hall–Kier alpha value is -3.13. The quantitative estimate of drug-likeness (QED) is 0.414. The van der Waals surface area contributed by atoms with E-state index in [1.54, 1.807) is 19.9 Å². The van der Waals surface area contributed by atoms with Crippen LogP contribution in [0.3, 0.4) is 0 Å². The van der Waals surface area contributed by atoms with E-state index < -0.39 is 21.4 Å². The Morgan fingerprint density at radius 3 is 2.62 bits per heavy atom. The number of ether oxygens (including phenoxy) is 2. The number of hydrogen-bond acceptors (Lipinski definition) is 10. The number of pyridine rings is 1. The number of halogens is 1. The molecule has 1 aromatic carbocycles. The van der Waals surface area contributed by atoms with Gasteiger partial charge in [0.2, 0.25) is 21.9 Å². The van der Waals surface area contributed by atoms with E-state index in [0.29, 0.717) is 66.5 Å². The number of aromatic nitrogens is 3. The van der Waals surface area contributed by atoms with Crippen LogP contribution in [0.1, 0.15) is 32.3 Å². The number of aliphatic hydroxyl groups is 1. The average molecular weight is 575 g/mol. The molecule has 2 aromatic heterocycles. The van der Waals surface area contributed by atoms with Crippen LogP contribution in [0, 0.1) is 5.82 Å². The van der Waals surface area contributed by atoms with Gasteiger partial charge in [-0.15, -0.1) is 0 Å². The summed E-state index contributed by atoms with van der Waals surface area (Å²) in [6.07, 6.45) is 4.35. The van der Waals surface area contributed by atoms with Crippen molar-refractivity contribution in [1.29, 1.82) is 0 Å². The Kier molecular flexibility index (Phi) is 7.83. The van der Waals surface area contributed by atoms with Crippen LogP contribution in [0.4, 0.5) is 16.0 Å². The molecule has 11 nitrogen and oxygen atoms in total. The second-order valence-electron chi connectivity index (χ2n) is 10.9. The van der Waals surface area contributed by atoms with Gasteiger partial charge in [-0.3, -0.25) is 9.62 Å². The first-order chi connectivity index (χ1) is 18.9. The molecule has 0 saturated carbocycles. The maximum atomic E-state index is 15.2. The third kappa shape index (κ3) is 6.12. The third-order valence-electron chi connectivity index (χ3n) is 7.29. The number of sulfonamides is 1. The first-order valence-corrected chi connectivity index (χ1v) is 15.1. The van der Waals surface area contributed by atoms with Gasteiger partial charge in [0.15, 0.2) is 0 Å². The minimum atomic E-state index is -3.63. The number of morpholine rings is 1. The predicted octanol–water partition coefficient (Wildman–Crippen LogP) is 2.78. The van der Waals surface area contributed by atoms with E-state index in [9.17, 15) is 13.5 Å². The Balaban J connectivity index is 1.69. The lowest BCUT2D eigenvalue weighted by Crippen LogP contribution is -2.45. The van der Waals surface area contributed by atoms with Gasteiger partial charge in [0.1, 0.15) is 11.5 Å². The Labute approximate surface area is 233 Å². The topological polar surface area (TPSA) is 130 Å². The fraction of sp³-hybridized carbons (Fsp3) is 0.519. The summed E-state index contributed by atoms with van der Waals surface area (Å²) in [4.78, 5) is 18.2. The van der Waals surface area contributed by atoms with Crippen molar-refractivity contribution in [2.75, 3.05) is 55.8 Å². The van der Waals surface area contributed by atoms with Crippen molar-refractivity contribution in [2.45, 2.75) is 44.9 Å². The number of methoxy groups -OCH3 is 1. The molecule has 0 unspecified atom stereocenters. The van der Waals surface area contributed by atoms with Gasteiger partial charge in [0.05, 0.1) is 43.4 Å². The number of rotatable bonds is 8. The van der Waals surface area contributed by atoms with Crippen LogP contribution in [0.15, 0.2) is 24.4 Å². The van der Waals surface area contributed by atoms with E-state index in [1.165, 1.54) is 25.4 Å². The molecule has 2 fully saturated rings. The largest absolute Gasteiger partial charge is 0.480 e. The zero-order chi connectivity index (χ0) is 28.7. The number of nitrogens with one attached hydrogen (secondary N) is 1.